The molecule has 7 nitrogen and oxygen atoms in total. The quantitative estimate of drug-likeness (QED) is 0.534. The Morgan fingerprint density at radius 3 is 2.40 bits per heavy atom. The molecule has 0 unspecified atom stereocenters. The number of hydrogen-bond acceptors (Lipinski definition) is 5. The standard InChI is InChI=1S/C23H27N3O4/c1-4-29-20-11-13-21(14-12-20)30-17(3)23(28)25-24-16(2)18-7-9-19(10-8-18)26-15-5-6-22(26)27/h7-14,17H,4-6,15H2,1-3H3,(H,25,28)/b24-16-/t17-/m1/s1. The fourth-order valence-corrected chi connectivity index (χ4v) is 3.14. The Hall–Kier alpha value is -3.35. The minimum Gasteiger partial charge on any atom is -0.494 e. The summed E-state index contributed by atoms with van der Waals surface area (Å²) < 4.78 is 11.0. The van der Waals surface area contributed by atoms with Crippen LogP contribution in [0.25, 0.3) is 0 Å². The minimum atomic E-state index is -0.706. The molecule has 0 radical (unpaired) electrons. The van der Waals surface area contributed by atoms with Gasteiger partial charge in [-0.25, -0.2) is 5.43 Å². The molecule has 0 aliphatic carbocycles. The van der Waals surface area contributed by atoms with Crippen molar-refractivity contribution in [2.24, 2.45) is 5.10 Å². The van der Waals surface area contributed by atoms with Crippen LogP contribution in [0.3, 0.4) is 0 Å². The first-order valence-corrected chi connectivity index (χ1v) is 10.1. The van der Waals surface area contributed by atoms with Crippen LogP contribution in [0.2, 0.25) is 0 Å². The van der Waals surface area contributed by atoms with Gasteiger partial charge >= 0.3 is 0 Å². The summed E-state index contributed by atoms with van der Waals surface area (Å²) in [6, 6.07) is 14.7. The van der Waals surface area contributed by atoms with E-state index in [2.05, 4.69) is 10.5 Å². The van der Waals surface area contributed by atoms with Crippen LogP contribution < -0.4 is 19.8 Å². The first-order chi connectivity index (χ1) is 14.5. The number of carbonyl (C=O) groups excluding carboxylic acids is 2. The normalized spacial score (nSPS) is 15.1. The molecule has 2 amide bonds. The Bertz CT molecular complexity index is 907. The third-order valence-electron chi connectivity index (χ3n) is 4.82. The van der Waals surface area contributed by atoms with E-state index in [1.807, 2.05) is 38.1 Å². The lowest BCUT2D eigenvalue weighted by atomic mass is 10.1. The van der Waals surface area contributed by atoms with Gasteiger partial charge < -0.3 is 14.4 Å². The van der Waals surface area contributed by atoms with E-state index in [0.717, 1.165) is 30.0 Å². The molecule has 7 heteroatoms. The van der Waals surface area contributed by atoms with Gasteiger partial charge in [0.05, 0.1) is 12.3 Å². The van der Waals surface area contributed by atoms with E-state index in [9.17, 15) is 9.59 Å². The maximum Gasteiger partial charge on any atom is 0.280 e. The number of rotatable bonds is 8. The van der Waals surface area contributed by atoms with Gasteiger partial charge in [-0.05, 0) is 69.2 Å². The first-order valence-electron chi connectivity index (χ1n) is 10.1. The van der Waals surface area contributed by atoms with Crippen molar-refractivity contribution >= 4 is 23.2 Å². The van der Waals surface area contributed by atoms with E-state index < -0.39 is 6.10 Å². The van der Waals surface area contributed by atoms with Crippen LogP contribution in [-0.2, 0) is 9.59 Å². The molecule has 1 atom stereocenters. The predicted octanol–water partition coefficient (Wildman–Crippen LogP) is 3.52. The summed E-state index contributed by atoms with van der Waals surface area (Å²) in [5, 5.41) is 4.17. The minimum absolute atomic E-state index is 0.155. The molecule has 1 heterocycles. The third kappa shape index (κ3) is 5.37. The smallest absolute Gasteiger partial charge is 0.280 e. The molecule has 0 spiro atoms. The molecule has 1 aliphatic rings. The van der Waals surface area contributed by atoms with Gasteiger partial charge in [-0.15, -0.1) is 0 Å². The monoisotopic (exact) mass is 409 g/mol. The number of anilines is 1. The van der Waals surface area contributed by atoms with Crippen molar-refractivity contribution in [3.8, 4) is 11.5 Å². The topological polar surface area (TPSA) is 80.2 Å². The highest BCUT2D eigenvalue weighted by atomic mass is 16.5. The summed E-state index contributed by atoms with van der Waals surface area (Å²) in [5.41, 5.74) is 4.96. The maximum absolute atomic E-state index is 12.3. The number of amides is 2. The van der Waals surface area contributed by atoms with Crippen molar-refractivity contribution in [3.05, 3.63) is 54.1 Å². The zero-order valence-corrected chi connectivity index (χ0v) is 17.6. The Morgan fingerprint density at radius 2 is 1.80 bits per heavy atom. The Morgan fingerprint density at radius 1 is 1.13 bits per heavy atom. The number of ether oxygens (including phenoxy) is 2. The predicted molar refractivity (Wildman–Crippen MR) is 116 cm³/mol. The molecule has 1 saturated heterocycles. The summed E-state index contributed by atoms with van der Waals surface area (Å²) in [7, 11) is 0. The zero-order chi connectivity index (χ0) is 21.5. The van der Waals surface area contributed by atoms with Crippen molar-refractivity contribution in [2.75, 3.05) is 18.1 Å². The van der Waals surface area contributed by atoms with Crippen LogP contribution in [0.5, 0.6) is 11.5 Å². The zero-order valence-electron chi connectivity index (χ0n) is 17.6. The number of carbonyl (C=O) groups is 2. The second kappa shape index (κ2) is 9.91. The van der Waals surface area contributed by atoms with Gasteiger partial charge in [-0.1, -0.05) is 12.1 Å². The van der Waals surface area contributed by atoms with Crippen molar-refractivity contribution in [1.82, 2.24) is 5.43 Å². The molecule has 0 aromatic heterocycles. The van der Waals surface area contributed by atoms with E-state index >= 15 is 0 Å². The second-order valence-electron chi connectivity index (χ2n) is 7.03. The van der Waals surface area contributed by atoms with Gasteiger partial charge in [0.15, 0.2) is 6.10 Å². The summed E-state index contributed by atoms with van der Waals surface area (Å²) in [4.78, 5) is 25.9. The van der Waals surface area contributed by atoms with Gasteiger partial charge in [0, 0.05) is 18.7 Å². The summed E-state index contributed by atoms with van der Waals surface area (Å²) in [6.07, 6.45) is 0.790. The lowest BCUT2D eigenvalue weighted by Gasteiger charge is -2.16. The van der Waals surface area contributed by atoms with Gasteiger partial charge in [0.1, 0.15) is 11.5 Å². The van der Waals surface area contributed by atoms with E-state index in [1.54, 1.807) is 36.1 Å². The summed E-state index contributed by atoms with van der Waals surface area (Å²) in [6.45, 7) is 6.75. The third-order valence-corrected chi connectivity index (χ3v) is 4.82. The van der Waals surface area contributed by atoms with Crippen LogP contribution in [0.1, 0.15) is 39.2 Å². The van der Waals surface area contributed by atoms with E-state index in [0.29, 0.717) is 24.5 Å². The number of nitrogens with one attached hydrogen (secondary N) is 1. The molecule has 0 saturated carbocycles. The molecular weight excluding hydrogens is 382 g/mol. The molecule has 158 valence electrons. The Kier molecular flexibility index (Phi) is 7.06. The Balaban J connectivity index is 1.54. The van der Waals surface area contributed by atoms with E-state index in [4.69, 9.17) is 9.47 Å². The summed E-state index contributed by atoms with van der Waals surface area (Å²) >= 11 is 0. The highest BCUT2D eigenvalue weighted by molar-refractivity contribution is 6.00. The van der Waals surface area contributed by atoms with Crippen molar-refractivity contribution in [1.29, 1.82) is 0 Å². The number of hydrogen-bond donors (Lipinski definition) is 1. The number of benzene rings is 2. The molecule has 0 bridgehead atoms. The lowest BCUT2D eigenvalue weighted by molar-refractivity contribution is -0.127. The largest absolute Gasteiger partial charge is 0.494 e. The molecule has 1 N–H and O–H groups in total. The maximum atomic E-state index is 12.3. The van der Waals surface area contributed by atoms with Crippen LogP contribution in [0.15, 0.2) is 53.6 Å². The van der Waals surface area contributed by atoms with Crippen LogP contribution >= 0.6 is 0 Å². The average molecular weight is 409 g/mol. The molecule has 2 aromatic rings. The fourth-order valence-electron chi connectivity index (χ4n) is 3.14. The SMILES string of the molecule is CCOc1ccc(O[C@H](C)C(=O)N/N=C(/C)c2ccc(N3CCCC3=O)cc2)cc1. The van der Waals surface area contributed by atoms with Crippen molar-refractivity contribution in [2.45, 2.75) is 39.7 Å². The highest BCUT2D eigenvalue weighted by Gasteiger charge is 2.21. The van der Waals surface area contributed by atoms with Gasteiger partial charge in [-0.2, -0.15) is 5.10 Å². The fraction of sp³-hybridized carbons (Fsp3) is 0.348. The van der Waals surface area contributed by atoms with E-state index in [-0.39, 0.29) is 11.8 Å². The Labute approximate surface area is 176 Å². The average Bonchev–Trinajstić information content (AvgIpc) is 3.19. The molecule has 2 aromatic carbocycles. The van der Waals surface area contributed by atoms with Crippen LogP contribution in [0.4, 0.5) is 5.69 Å². The van der Waals surface area contributed by atoms with Gasteiger partial charge in [-0.3, -0.25) is 9.59 Å². The molecule has 1 fully saturated rings. The van der Waals surface area contributed by atoms with Gasteiger partial charge in [0.2, 0.25) is 5.91 Å². The second-order valence-corrected chi connectivity index (χ2v) is 7.03. The highest BCUT2D eigenvalue weighted by Crippen LogP contribution is 2.22. The molecular formula is C23H27N3O4. The van der Waals surface area contributed by atoms with Crippen LogP contribution in [-0.4, -0.2) is 36.8 Å². The first kappa shape index (κ1) is 21.4. The van der Waals surface area contributed by atoms with Crippen molar-refractivity contribution < 1.29 is 19.1 Å². The number of nitrogens with zero attached hydrogens (tertiary/aromatic N) is 2. The van der Waals surface area contributed by atoms with Gasteiger partial charge in [0.25, 0.3) is 5.91 Å². The lowest BCUT2D eigenvalue weighted by Crippen LogP contribution is -2.33. The van der Waals surface area contributed by atoms with Crippen molar-refractivity contribution in [3.63, 3.8) is 0 Å². The molecule has 3 rings (SSSR count). The number of hydrazone groups is 1. The molecule has 1 aliphatic heterocycles. The summed E-state index contributed by atoms with van der Waals surface area (Å²) in [5.74, 6) is 1.14. The molecule has 30 heavy (non-hydrogen) atoms. The van der Waals surface area contributed by atoms with Crippen LogP contribution in [0, 0.1) is 0 Å². The van der Waals surface area contributed by atoms with E-state index in [1.165, 1.54) is 0 Å².